The Morgan fingerprint density at radius 3 is 2.79 bits per heavy atom. The number of halogens is 1. The van der Waals surface area contributed by atoms with Crippen molar-refractivity contribution in [2.24, 2.45) is 0 Å². The first-order chi connectivity index (χ1) is 6.56. The average molecular weight is 218 g/mol. The lowest BCUT2D eigenvalue weighted by Gasteiger charge is -2.29. The highest BCUT2D eigenvalue weighted by molar-refractivity contribution is 6.30. The molecule has 1 heterocycles. The summed E-state index contributed by atoms with van der Waals surface area (Å²) in [5.41, 5.74) is 0.644. The second kappa shape index (κ2) is 4.46. The number of carbonyl (C=O) groups excluding carboxylic acids is 1. The minimum atomic E-state index is -0.953. The van der Waals surface area contributed by atoms with Crippen molar-refractivity contribution in [2.45, 2.75) is 19.4 Å². The topological polar surface area (TPSA) is 57.6 Å². The summed E-state index contributed by atoms with van der Waals surface area (Å²) in [6, 6.07) is -0.247. The maximum absolute atomic E-state index is 11.2. The van der Waals surface area contributed by atoms with Gasteiger partial charge in [-0.1, -0.05) is 6.08 Å². The minimum absolute atomic E-state index is 0.0361. The summed E-state index contributed by atoms with van der Waals surface area (Å²) < 4.78 is 0. The van der Waals surface area contributed by atoms with Crippen LogP contribution in [0.1, 0.15) is 13.3 Å². The summed E-state index contributed by atoms with van der Waals surface area (Å²) in [6.45, 7) is 2.11. The van der Waals surface area contributed by atoms with Gasteiger partial charge in [-0.25, -0.2) is 4.79 Å². The third-order valence-electron chi connectivity index (χ3n) is 2.28. The Balaban J connectivity index is 2.75. The summed E-state index contributed by atoms with van der Waals surface area (Å²) in [5, 5.41) is 8.78. The van der Waals surface area contributed by atoms with E-state index in [1.807, 2.05) is 0 Å². The smallest absolute Gasteiger partial charge is 0.407 e. The highest BCUT2D eigenvalue weighted by Crippen LogP contribution is 2.17. The van der Waals surface area contributed by atoms with Gasteiger partial charge in [-0.15, -0.1) is 11.6 Å². The summed E-state index contributed by atoms with van der Waals surface area (Å²) in [4.78, 5) is 23.2. The molecule has 5 heteroatoms. The molecule has 0 spiro atoms. The van der Waals surface area contributed by atoms with Crippen LogP contribution in [-0.2, 0) is 4.79 Å². The van der Waals surface area contributed by atoms with Crippen molar-refractivity contribution in [3.8, 4) is 0 Å². The zero-order valence-electron chi connectivity index (χ0n) is 7.86. The van der Waals surface area contributed by atoms with Gasteiger partial charge < -0.3 is 10.0 Å². The van der Waals surface area contributed by atoms with Crippen LogP contribution in [0.15, 0.2) is 11.6 Å². The second-order valence-corrected chi connectivity index (χ2v) is 3.48. The van der Waals surface area contributed by atoms with Crippen LogP contribution in [-0.4, -0.2) is 40.3 Å². The summed E-state index contributed by atoms with van der Waals surface area (Å²) >= 11 is 5.41. The van der Waals surface area contributed by atoms with Gasteiger partial charge in [0.25, 0.3) is 0 Å². The number of nitrogens with zero attached hydrogens (tertiary/aromatic N) is 1. The molecule has 0 aromatic carbocycles. The van der Waals surface area contributed by atoms with Gasteiger partial charge in [0.15, 0.2) is 5.78 Å². The molecule has 4 nitrogen and oxygen atoms in total. The van der Waals surface area contributed by atoms with E-state index in [9.17, 15) is 9.59 Å². The highest BCUT2D eigenvalue weighted by Gasteiger charge is 2.24. The van der Waals surface area contributed by atoms with Gasteiger partial charge in [0.1, 0.15) is 0 Å². The summed E-state index contributed by atoms with van der Waals surface area (Å²) in [7, 11) is 0. The normalized spacial score (nSPS) is 21.7. The first-order valence-electron chi connectivity index (χ1n) is 4.35. The van der Waals surface area contributed by atoms with Crippen LogP contribution in [0.5, 0.6) is 0 Å². The zero-order chi connectivity index (χ0) is 10.7. The van der Waals surface area contributed by atoms with Crippen LogP contribution >= 0.6 is 11.6 Å². The molecule has 0 radical (unpaired) electrons. The molecule has 0 bridgehead atoms. The Kier molecular flexibility index (Phi) is 3.52. The van der Waals surface area contributed by atoms with E-state index in [0.717, 1.165) is 0 Å². The molecule has 1 amide bonds. The van der Waals surface area contributed by atoms with Crippen molar-refractivity contribution in [3.63, 3.8) is 0 Å². The Hall–Kier alpha value is -1.03. The number of amides is 1. The lowest BCUT2D eigenvalue weighted by molar-refractivity contribution is -0.113. The van der Waals surface area contributed by atoms with Crippen molar-refractivity contribution in [2.75, 3.05) is 12.4 Å². The van der Waals surface area contributed by atoms with E-state index in [2.05, 4.69) is 0 Å². The van der Waals surface area contributed by atoms with Crippen molar-refractivity contribution in [1.29, 1.82) is 0 Å². The quantitative estimate of drug-likeness (QED) is 0.713. The van der Waals surface area contributed by atoms with Crippen LogP contribution in [0, 0.1) is 0 Å². The number of alkyl halides is 1. The number of ketones is 1. The Labute approximate surface area is 87.1 Å². The van der Waals surface area contributed by atoms with E-state index in [4.69, 9.17) is 16.7 Å². The van der Waals surface area contributed by atoms with Gasteiger partial charge in [0.2, 0.25) is 0 Å². The molecule has 0 aliphatic carbocycles. The van der Waals surface area contributed by atoms with Crippen molar-refractivity contribution < 1.29 is 14.7 Å². The third kappa shape index (κ3) is 2.26. The van der Waals surface area contributed by atoms with Crippen LogP contribution in [0.2, 0.25) is 0 Å². The molecule has 1 aliphatic heterocycles. The van der Waals surface area contributed by atoms with Crippen molar-refractivity contribution >= 4 is 23.5 Å². The first-order valence-corrected chi connectivity index (χ1v) is 4.89. The Bertz CT molecular complexity index is 288. The van der Waals surface area contributed by atoms with Crippen molar-refractivity contribution in [3.05, 3.63) is 11.6 Å². The molecule has 1 N–H and O–H groups in total. The van der Waals surface area contributed by atoms with Gasteiger partial charge in [0, 0.05) is 6.54 Å². The van der Waals surface area contributed by atoms with Gasteiger partial charge in [0.05, 0.1) is 11.9 Å². The fourth-order valence-electron chi connectivity index (χ4n) is 1.50. The third-order valence-corrected chi connectivity index (χ3v) is 2.52. The molecule has 0 fully saturated rings. The molecule has 0 unspecified atom stereocenters. The van der Waals surface area contributed by atoms with Crippen LogP contribution < -0.4 is 0 Å². The van der Waals surface area contributed by atoms with E-state index in [1.54, 1.807) is 13.0 Å². The molecule has 0 aromatic heterocycles. The summed E-state index contributed by atoms with van der Waals surface area (Å²) in [5.74, 6) is -0.144. The fraction of sp³-hybridized carbons (Fsp3) is 0.556. The molecule has 1 aliphatic rings. The Morgan fingerprint density at radius 1 is 1.71 bits per heavy atom. The maximum Gasteiger partial charge on any atom is 0.407 e. The van der Waals surface area contributed by atoms with Crippen LogP contribution in [0.3, 0.4) is 0 Å². The number of carboxylic acid groups (broad SMARTS) is 1. The molecule has 0 saturated carbocycles. The molecule has 14 heavy (non-hydrogen) atoms. The molecular weight excluding hydrogens is 206 g/mol. The predicted octanol–water partition coefficient (Wildman–Crippen LogP) is 1.49. The predicted molar refractivity (Wildman–Crippen MR) is 52.6 cm³/mol. The Morgan fingerprint density at radius 2 is 2.36 bits per heavy atom. The van der Waals surface area contributed by atoms with E-state index in [1.165, 1.54) is 4.90 Å². The monoisotopic (exact) mass is 217 g/mol. The fourth-order valence-corrected chi connectivity index (χ4v) is 1.67. The standard InChI is InChI=1S/C9H12ClNO3/c1-6-4-7(8(12)5-10)2-3-11(6)9(13)14/h4,6H,2-3,5H2,1H3,(H,13,14)/t6-/m0/s1. The number of hydrogen-bond acceptors (Lipinski definition) is 2. The SMILES string of the molecule is C[C@H]1C=C(C(=O)CCl)CCN1C(=O)O. The van der Waals surface area contributed by atoms with Crippen LogP contribution in [0.25, 0.3) is 0 Å². The number of carbonyl (C=O) groups is 2. The molecule has 0 saturated heterocycles. The first kappa shape index (κ1) is 11.0. The lowest BCUT2D eigenvalue weighted by atomic mass is 10.0. The van der Waals surface area contributed by atoms with Gasteiger partial charge in [-0.2, -0.15) is 0 Å². The van der Waals surface area contributed by atoms with Crippen molar-refractivity contribution in [1.82, 2.24) is 4.90 Å². The number of Topliss-reactive ketones (excluding diaryl/α,β-unsaturated/α-hetero) is 1. The van der Waals surface area contributed by atoms with Gasteiger partial charge >= 0.3 is 6.09 Å². The average Bonchev–Trinajstić information content (AvgIpc) is 2.15. The van der Waals surface area contributed by atoms with E-state index >= 15 is 0 Å². The summed E-state index contributed by atoms with van der Waals surface area (Å²) in [6.07, 6.45) is 1.18. The molecule has 1 atom stereocenters. The van der Waals surface area contributed by atoms with E-state index in [0.29, 0.717) is 18.5 Å². The lowest BCUT2D eigenvalue weighted by Crippen LogP contribution is -2.40. The van der Waals surface area contributed by atoms with E-state index in [-0.39, 0.29) is 17.7 Å². The number of hydrogen-bond donors (Lipinski definition) is 1. The molecule has 78 valence electrons. The second-order valence-electron chi connectivity index (χ2n) is 3.22. The zero-order valence-corrected chi connectivity index (χ0v) is 8.62. The molecular formula is C9H12ClNO3. The number of rotatable bonds is 2. The van der Waals surface area contributed by atoms with Crippen LogP contribution in [0.4, 0.5) is 4.79 Å². The molecule has 0 aromatic rings. The van der Waals surface area contributed by atoms with Gasteiger partial charge in [-0.05, 0) is 18.9 Å². The highest BCUT2D eigenvalue weighted by atomic mass is 35.5. The van der Waals surface area contributed by atoms with Gasteiger partial charge in [-0.3, -0.25) is 4.79 Å². The largest absolute Gasteiger partial charge is 0.465 e. The molecule has 1 rings (SSSR count). The van der Waals surface area contributed by atoms with E-state index < -0.39 is 6.09 Å². The minimum Gasteiger partial charge on any atom is -0.465 e. The maximum atomic E-state index is 11.2.